The van der Waals surface area contributed by atoms with Gasteiger partial charge in [-0.15, -0.1) is 0 Å². The van der Waals surface area contributed by atoms with Gasteiger partial charge in [0, 0.05) is 64.3 Å². The smallest absolute Gasteiger partial charge is 0.257 e. The number of nitrogens with one attached hydrogen (secondary N) is 1. The Morgan fingerprint density at radius 1 is 1.14 bits per heavy atom. The Kier molecular flexibility index (Phi) is 5.66. The van der Waals surface area contributed by atoms with Crippen molar-refractivity contribution in [3.63, 3.8) is 0 Å². The number of carbonyl (C=O) groups excluding carboxylic acids is 1. The molecule has 0 saturated carbocycles. The Labute approximate surface area is 209 Å². The van der Waals surface area contributed by atoms with Gasteiger partial charge in [-0.05, 0) is 25.7 Å². The molecule has 36 heavy (non-hydrogen) atoms. The van der Waals surface area contributed by atoms with Gasteiger partial charge in [-0.25, -0.2) is 4.39 Å². The number of piperidine rings is 1. The molecule has 1 spiro atoms. The maximum absolute atomic E-state index is 15.6. The molecule has 2 aromatic rings. The average Bonchev–Trinajstić information content (AvgIpc) is 3.08. The maximum Gasteiger partial charge on any atom is 0.257 e. The van der Waals surface area contributed by atoms with Crippen molar-refractivity contribution in [2.75, 3.05) is 61.6 Å². The largest absolute Gasteiger partial charge is 0.490 e. The zero-order valence-electron chi connectivity index (χ0n) is 20.8. The molecule has 9 nitrogen and oxygen atoms in total. The van der Waals surface area contributed by atoms with E-state index >= 15 is 4.39 Å². The Morgan fingerprint density at radius 2 is 1.89 bits per heavy atom. The number of carbonyl (C=O) groups is 1. The molecule has 0 unspecified atom stereocenters. The van der Waals surface area contributed by atoms with Gasteiger partial charge in [0.1, 0.15) is 23.5 Å². The van der Waals surface area contributed by atoms with E-state index in [4.69, 9.17) is 14.5 Å². The van der Waals surface area contributed by atoms with E-state index in [2.05, 4.69) is 4.98 Å². The van der Waals surface area contributed by atoms with Crippen molar-refractivity contribution in [3.8, 4) is 5.75 Å². The minimum atomic E-state index is -0.923. The molecule has 2 fully saturated rings. The third kappa shape index (κ3) is 3.65. The van der Waals surface area contributed by atoms with E-state index in [1.165, 1.54) is 6.07 Å². The van der Waals surface area contributed by atoms with Crippen molar-refractivity contribution in [1.82, 2.24) is 9.97 Å². The van der Waals surface area contributed by atoms with Crippen LogP contribution in [0, 0.1) is 5.82 Å². The molecule has 1 aromatic heterocycles. The Bertz CT molecular complexity index is 1250. The molecule has 4 aliphatic rings. The average molecular weight is 498 g/mol. The van der Waals surface area contributed by atoms with Gasteiger partial charge in [0.15, 0.2) is 0 Å². The van der Waals surface area contributed by atoms with Crippen LogP contribution in [-0.2, 0) is 21.4 Å². The highest BCUT2D eigenvalue weighted by Crippen LogP contribution is 2.50. The van der Waals surface area contributed by atoms with Gasteiger partial charge in [-0.3, -0.25) is 14.6 Å². The van der Waals surface area contributed by atoms with Crippen LogP contribution < -0.4 is 25.0 Å². The summed E-state index contributed by atoms with van der Waals surface area (Å²) in [6, 6.07) is 3.22. The van der Waals surface area contributed by atoms with Crippen LogP contribution in [-0.4, -0.2) is 68.9 Å². The van der Waals surface area contributed by atoms with Crippen molar-refractivity contribution in [1.29, 1.82) is 0 Å². The topological polar surface area (TPSA) is 91.0 Å². The fourth-order valence-corrected chi connectivity index (χ4v) is 6.23. The second-order valence-electron chi connectivity index (χ2n) is 10.4. The molecule has 1 aromatic carbocycles. The molecule has 6 rings (SSSR count). The lowest BCUT2D eigenvalue weighted by molar-refractivity contribution is -0.123. The van der Waals surface area contributed by atoms with E-state index in [-0.39, 0.29) is 17.6 Å². The summed E-state index contributed by atoms with van der Waals surface area (Å²) in [5, 5.41) is 0. The van der Waals surface area contributed by atoms with Crippen LogP contribution in [0.1, 0.15) is 43.2 Å². The van der Waals surface area contributed by atoms with Crippen molar-refractivity contribution in [2.45, 2.75) is 50.0 Å². The molecule has 4 aliphatic heterocycles. The van der Waals surface area contributed by atoms with Crippen molar-refractivity contribution in [3.05, 3.63) is 39.4 Å². The molecule has 2 saturated heterocycles. The number of aromatic nitrogens is 2. The molecule has 5 heterocycles. The number of fused-ring (bicyclic) bond motifs is 3. The summed E-state index contributed by atoms with van der Waals surface area (Å²) in [4.78, 5) is 39.5. The number of hydrogen-bond donors (Lipinski definition) is 1. The highest BCUT2D eigenvalue weighted by atomic mass is 19.1. The van der Waals surface area contributed by atoms with Crippen LogP contribution in [0.25, 0.3) is 0 Å². The van der Waals surface area contributed by atoms with E-state index < -0.39 is 11.2 Å². The summed E-state index contributed by atoms with van der Waals surface area (Å²) in [6.45, 7) is 3.12. The molecule has 0 radical (unpaired) electrons. The number of aromatic amines is 1. The summed E-state index contributed by atoms with van der Waals surface area (Å²) >= 11 is 0. The number of amides is 1. The van der Waals surface area contributed by atoms with E-state index in [9.17, 15) is 9.59 Å². The number of anilines is 3. The van der Waals surface area contributed by atoms with Crippen LogP contribution in [0.15, 0.2) is 16.9 Å². The maximum atomic E-state index is 15.6. The van der Waals surface area contributed by atoms with Gasteiger partial charge in [0.05, 0.1) is 29.9 Å². The number of benzene rings is 1. The lowest BCUT2D eigenvalue weighted by atomic mass is 9.73. The van der Waals surface area contributed by atoms with Crippen LogP contribution in [0.3, 0.4) is 0 Å². The molecule has 0 aliphatic carbocycles. The van der Waals surface area contributed by atoms with Gasteiger partial charge in [-0.1, -0.05) is 0 Å². The third-order valence-electron chi connectivity index (χ3n) is 8.25. The van der Waals surface area contributed by atoms with Crippen molar-refractivity contribution in [2.24, 2.45) is 0 Å². The summed E-state index contributed by atoms with van der Waals surface area (Å²) in [6.07, 6.45) is 4.06. The van der Waals surface area contributed by atoms with E-state index in [0.29, 0.717) is 62.1 Å². The SMILES string of the molecule is CN1CCCc2c1nc(N1CCC3(CC1)C(=O)N(C)c1cc(OC4CCOCC4)cc(F)c13)[nH]c2=O. The summed E-state index contributed by atoms with van der Waals surface area (Å²) in [5.74, 6) is 1.20. The van der Waals surface area contributed by atoms with Gasteiger partial charge >= 0.3 is 0 Å². The Balaban J connectivity index is 1.26. The molecule has 1 amide bonds. The van der Waals surface area contributed by atoms with Crippen molar-refractivity contribution < 1.29 is 18.7 Å². The Hall–Kier alpha value is -3.14. The summed E-state index contributed by atoms with van der Waals surface area (Å²) in [7, 11) is 3.66. The monoisotopic (exact) mass is 497 g/mol. The number of halogens is 1. The van der Waals surface area contributed by atoms with Crippen LogP contribution in [0.4, 0.5) is 21.8 Å². The number of hydrogen-bond acceptors (Lipinski definition) is 7. The zero-order valence-corrected chi connectivity index (χ0v) is 20.8. The van der Waals surface area contributed by atoms with Crippen LogP contribution in [0.5, 0.6) is 5.75 Å². The fraction of sp³-hybridized carbons (Fsp3) is 0.577. The first-order chi connectivity index (χ1) is 17.4. The van der Waals surface area contributed by atoms with Crippen LogP contribution >= 0.6 is 0 Å². The number of nitrogens with zero attached hydrogens (tertiary/aromatic N) is 4. The second kappa shape index (κ2) is 8.76. The minimum Gasteiger partial charge on any atom is -0.490 e. The van der Waals surface area contributed by atoms with Gasteiger partial charge < -0.3 is 24.2 Å². The second-order valence-corrected chi connectivity index (χ2v) is 10.4. The molecule has 1 N–H and O–H groups in total. The number of rotatable bonds is 3. The van der Waals surface area contributed by atoms with E-state index in [1.54, 1.807) is 18.0 Å². The Morgan fingerprint density at radius 3 is 2.64 bits per heavy atom. The number of likely N-dealkylation sites (N-methyl/N-ethyl adjacent to an activating group) is 1. The number of ether oxygens (including phenoxy) is 2. The fourth-order valence-electron chi connectivity index (χ4n) is 6.23. The lowest BCUT2D eigenvalue weighted by Crippen LogP contribution is -2.49. The highest BCUT2D eigenvalue weighted by molar-refractivity contribution is 6.08. The van der Waals surface area contributed by atoms with Crippen molar-refractivity contribution >= 4 is 23.4 Å². The quantitative estimate of drug-likeness (QED) is 0.696. The molecule has 10 heteroatoms. The predicted molar refractivity (Wildman–Crippen MR) is 134 cm³/mol. The first kappa shape index (κ1) is 23.3. The van der Waals surface area contributed by atoms with E-state index in [0.717, 1.165) is 43.6 Å². The molecule has 0 bridgehead atoms. The molecular weight excluding hydrogens is 465 g/mol. The summed E-state index contributed by atoms with van der Waals surface area (Å²) < 4.78 is 27.1. The summed E-state index contributed by atoms with van der Waals surface area (Å²) in [5.41, 5.74) is 0.737. The zero-order chi connectivity index (χ0) is 25.0. The molecule has 0 atom stereocenters. The molecular formula is C26H32FN5O4. The first-order valence-corrected chi connectivity index (χ1v) is 12.8. The highest BCUT2D eigenvalue weighted by Gasteiger charge is 2.53. The number of H-pyrrole nitrogens is 1. The lowest BCUT2D eigenvalue weighted by Gasteiger charge is -2.39. The first-order valence-electron chi connectivity index (χ1n) is 12.8. The van der Waals surface area contributed by atoms with Gasteiger partial charge in [0.25, 0.3) is 5.56 Å². The normalized spacial score (nSPS) is 21.6. The third-order valence-corrected chi connectivity index (χ3v) is 8.25. The van der Waals surface area contributed by atoms with E-state index in [1.807, 2.05) is 16.8 Å². The standard InChI is InChI=1S/C26H32FN5O4/c1-30-9-3-4-18-22(30)28-25(29-23(18)33)32-10-7-26(8-11-32)21-19(27)14-17(15-20(21)31(2)24(26)34)36-16-5-12-35-13-6-16/h14-16H,3-13H2,1-2H3,(H,28,29,33). The minimum absolute atomic E-state index is 0.0128. The van der Waals surface area contributed by atoms with Crippen LogP contribution in [0.2, 0.25) is 0 Å². The van der Waals surface area contributed by atoms with Gasteiger partial charge in [0.2, 0.25) is 11.9 Å². The molecule has 192 valence electrons. The predicted octanol–water partition coefficient (Wildman–Crippen LogP) is 2.36. The van der Waals surface area contributed by atoms with Gasteiger partial charge in [-0.2, -0.15) is 4.98 Å².